The largest absolute Gasteiger partial charge is 0.378 e. The van der Waals surface area contributed by atoms with E-state index in [1.807, 2.05) is 25.1 Å². The summed E-state index contributed by atoms with van der Waals surface area (Å²) in [6.45, 7) is 0. The Labute approximate surface area is 114 Å². The van der Waals surface area contributed by atoms with Gasteiger partial charge in [0.15, 0.2) is 0 Å². The van der Waals surface area contributed by atoms with Gasteiger partial charge in [0.25, 0.3) is 0 Å². The molecule has 2 rings (SSSR count). The Hall–Kier alpha value is -2.50. The number of halogens is 2. The Morgan fingerprint density at radius 2 is 1.85 bits per heavy atom. The molecular weight excluding hydrogens is 266 g/mol. The molecule has 0 amide bonds. The van der Waals surface area contributed by atoms with Gasteiger partial charge in [-0.2, -0.15) is 8.78 Å². The molecule has 0 atom stereocenters. The summed E-state index contributed by atoms with van der Waals surface area (Å²) in [5, 5.41) is 10.7. The zero-order valence-corrected chi connectivity index (χ0v) is 10.9. The first-order valence-electron chi connectivity index (χ1n) is 5.82. The maximum atomic E-state index is 14.1. The van der Waals surface area contributed by atoms with Gasteiger partial charge in [-0.1, -0.05) is 12.1 Å². The van der Waals surface area contributed by atoms with Crippen molar-refractivity contribution in [3.63, 3.8) is 0 Å². The smallest absolute Gasteiger partial charge is 0.340 e. The van der Waals surface area contributed by atoms with E-state index in [1.165, 1.54) is 6.07 Å². The van der Waals surface area contributed by atoms with E-state index < -0.39 is 22.2 Å². The highest BCUT2D eigenvalue weighted by molar-refractivity contribution is 5.71. The zero-order valence-electron chi connectivity index (χ0n) is 10.9. The molecule has 0 aromatic heterocycles. The van der Waals surface area contributed by atoms with Crippen molar-refractivity contribution in [1.82, 2.24) is 0 Å². The molecule has 6 heteroatoms. The minimum Gasteiger partial charge on any atom is -0.378 e. The number of hydrogen-bond acceptors (Lipinski definition) is 3. The van der Waals surface area contributed by atoms with Gasteiger partial charge in [0.05, 0.1) is 4.92 Å². The minimum absolute atomic E-state index is 0.00167. The molecule has 20 heavy (non-hydrogen) atoms. The highest BCUT2D eigenvalue weighted by atomic mass is 19.1. The number of anilines is 1. The first-order valence-corrected chi connectivity index (χ1v) is 5.82. The molecule has 0 unspecified atom stereocenters. The third-order valence-corrected chi connectivity index (χ3v) is 2.92. The van der Waals surface area contributed by atoms with Gasteiger partial charge in [-0.05, 0) is 29.8 Å². The van der Waals surface area contributed by atoms with E-state index in [0.717, 1.165) is 11.8 Å². The van der Waals surface area contributed by atoms with Crippen molar-refractivity contribution in [1.29, 1.82) is 0 Å². The molecule has 0 aliphatic carbocycles. The van der Waals surface area contributed by atoms with Crippen molar-refractivity contribution in [2.24, 2.45) is 0 Å². The lowest BCUT2D eigenvalue weighted by atomic mass is 10.0. The molecule has 2 aromatic carbocycles. The maximum absolute atomic E-state index is 14.1. The van der Waals surface area contributed by atoms with E-state index >= 15 is 0 Å². The Balaban J connectivity index is 2.62. The summed E-state index contributed by atoms with van der Waals surface area (Å²) < 4.78 is 27.4. The summed E-state index contributed by atoms with van der Waals surface area (Å²) in [5.74, 6) is -2.34. The molecule has 0 heterocycles. The molecule has 0 radical (unpaired) electrons. The minimum atomic E-state index is -1.18. The Morgan fingerprint density at radius 1 is 1.15 bits per heavy atom. The molecule has 0 saturated heterocycles. The van der Waals surface area contributed by atoms with Crippen LogP contribution in [0.25, 0.3) is 11.1 Å². The van der Waals surface area contributed by atoms with Crippen LogP contribution in [0.5, 0.6) is 0 Å². The van der Waals surface area contributed by atoms with Crippen LogP contribution in [0.2, 0.25) is 0 Å². The molecule has 104 valence electrons. The average Bonchev–Trinajstić information content (AvgIpc) is 2.38. The maximum Gasteiger partial charge on any atom is 0.340 e. The van der Waals surface area contributed by atoms with Crippen LogP contribution >= 0.6 is 0 Å². The quantitative estimate of drug-likeness (QED) is 0.636. The molecule has 0 aliphatic rings. The number of benzene rings is 2. The third-order valence-electron chi connectivity index (χ3n) is 2.92. The monoisotopic (exact) mass is 278 g/mol. The van der Waals surface area contributed by atoms with Crippen molar-refractivity contribution in [2.75, 3.05) is 19.0 Å². The molecule has 2 aromatic rings. The van der Waals surface area contributed by atoms with Crippen molar-refractivity contribution in [2.45, 2.75) is 0 Å². The molecule has 0 aliphatic heterocycles. The second-order valence-electron chi connectivity index (χ2n) is 4.46. The number of nitro groups is 1. The van der Waals surface area contributed by atoms with Gasteiger partial charge >= 0.3 is 5.69 Å². The fourth-order valence-electron chi connectivity index (χ4n) is 1.88. The fourth-order valence-corrected chi connectivity index (χ4v) is 1.88. The summed E-state index contributed by atoms with van der Waals surface area (Å²) in [6, 6.07) is 8.93. The zero-order chi connectivity index (χ0) is 14.9. The topological polar surface area (TPSA) is 46.4 Å². The van der Waals surface area contributed by atoms with Gasteiger partial charge in [0.2, 0.25) is 11.6 Å². The first-order chi connectivity index (χ1) is 9.41. The van der Waals surface area contributed by atoms with E-state index in [0.29, 0.717) is 5.56 Å². The van der Waals surface area contributed by atoms with E-state index in [4.69, 9.17) is 0 Å². The van der Waals surface area contributed by atoms with Crippen LogP contribution in [-0.4, -0.2) is 19.0 Å². The van der Waals surface area contributed by atoms with Gasteiger partial charge in [0, 0.05) is 25.3 Å². The predicted octanol–water partition coefficient (Wildman–Crippen LogP) is 3.61. The number of nitro benzene ring substituents is 1. The summed E-state index contributed by atoms with van der Waals surface area (Å²) in [7, 11) is 3.64. The molecular formula is C14H12F2N2O2. The Kier molecular flexibility index (Phi) is 3.65. The van der Waals surface area contributed by atoms with Crippen molar-refractivity contribution in [3.05, 3.63) is 58.1 Å². The predicted molar refractivity (Wildman–Crippen MR) is 72.8 cm³/mol. The first kappa shape index (κ1) is 13.9. The lowest BCUT2D eigenvalue weighted by Gasteiger charge is -2.14. The Bertz CT molecular complexity index is 672. The summed E-state index contributed by atoms with van der Waals surface area (Å²) in [4.78, 5) is 11.5. The highest BCUT2D eigenvalue weighted by Crippen LogP contribution is 2.32. The van der Waals surface area contributed by atoms with E-state index in [2.05, 4.69) is 0 Å². The van der Waals surface area contributed by atoms with Gasteiger partial charge in [0.1, 0.15) is 0 Å². The van der Waals surface area contributed by atoms with Crippen LogP contribution in [0.1, 0.15) is 0 Å². The second-order valence-corrected chi connectivity index (χ2v) is 4.46. The standard InChI is InChI=1S/C14H12F2N2O2/c1-17(2)10-5-3-4-9(8-10)11-6-7-12(15)14(13(11)16)18(19)20/h3-8H,1-2H3. The normalized spacial score (nSPS) is 10.4. The fraction of sp³-hybridized carbons (Fsp3) is 0.143. The summed E-state index contributed by atoms with van der Waals surface area (Å²) in [6.07, 6.45) is 0. The van der Waals surface area contributed by atoms with Crippen LogP contribution in [0, 0.1) is 21.7 Å². The van der Waals surface area contributed by atoms with E-state index in [1.54, 1.807) is 18.2 Å². The second kappa shape index (κ2) is 5.24. The third kappa shape index (κ3) is 2.45. The van der Waals surface area contributed by atoms with E-state index in [9.17, 15) is 18.9 Å². The van der Waals surface area contributed by atoms with Gasteiger partial charge < -0.3 is 4.90 Å². The SMILES string of the molecule is CN(C)c1cccc(-c2ccc(F)c([N+](=O)[O-])c2F)c1. The molecule has 0 bridgehead atoms. The number of hydrogen-bond donors (Lipinski definition) is 0. The van der Waals surface area contributed by atoms with Crippen molar-refractivity contribution in [3.8, 4) is 11.1 Å². The van der Waals surface area contributed by atoms with Gasteiger partial charge in [-0.15, -0.1) is 0 Å². The van der Waals surface area contributed by atoms with E-state index in [-0.39, 0.29) is 5.56 Å². The molecule has 0 saturated carbocycles. The number of rotatable bonds is 3. The molecule has 0 fully saturated rings. The molecule has 0 spiro atoms. The highest BCUT2D eigenvalue weighted by Gasteiger charge is 2.24. The van der Waals surface area contributed by atoms with Crippen LogP contribution in [0.4, 0.5) is 20.2 Å². The lowest BCUT2D eigenvalue weighted by Crippen LogP contribution is -2.08. The Morgan fingerprint density at radius 3 is 2.45 bits per heavy atom. The molecule has 0 N–H and O–H groups in total. The lowest BCUT2D eigenvalue weighted by molar-refractivity contribution is -0.390. The molecule has 4 nitrogen and oxygen atoms in total. The van der Waals surface area contributed by atoms with Crippen molar-refractivity contribution < 1.29 is 13.7 Å². The average molecular weight is 278 g/mol. The van der Waals surface area contributed by atoms with Gasteiger partial charge in [-0.25, -0.2) is 0 Å². The summed E-state index contributed by atoms with van der Waals surface area (Å²) >= 11 is 0. The number of nitrogens with zero attached hydrogens (tertiary/aromatic N) is 2. The summed E-state index contributed by atoms with van der Waals surface area (Å²) in [5.41, 5.74) is 0.144. The van der Waals surface area contributed by atoms with Crippen LogP contribution in [-0.2, 0) is 0 Å². The van der Waals surface area contributed by atoms with Gasteiger partial charge in [-0.3, -0.25) is 10.1 Å². The van der Waals surface area contributed by atoms with Crippen LogP contribution in [0.15, 0.2) is 36.4 Å². The van der Waals surface area contributed by atoms with Crippen LogP contribution in [0.3, 0.4) is 0 Å². The van der Waals surface area contributed by atoms with Crippen molar-refractivity contribution >= 4 is 11.4 Å². The van der Waals surface area contributed by atoms with Crippen LogP contribution < -0.4 is 4.90 Å².